The predicted molar refractivity (Wildman–Crippen MR) is 193 cm³/mol. The van der Waals surface area contributed by atoms with E-state index in [1.54, 1.807) is 42.5 Å². The van der Waals surface area contributed by atoms with E-state index in [2.05, 4.69) is 5.32 Å². The zero-order valence-electron chi connectivity index (χ0n) is 27.2. The maximum absolute atomic E-state index is 14.7. The number of rotatable bonds is 12. The van der Waals surface area contributed by atoms with E-state index in [-0.39, 0.29) is 35.5 Å². The molecule has 0 saturated heterocycles. The van der Waals surface area contributed by atoms with Crippen LogP contribution in [-0.2, 0) is 32.6 Å². The maximum atomic E-state index is 14.7. The molecule has 0 bridgehead atoms. The third-order valence-corrected chi connectivity index (χ3v) is 11.4. The standard InChI is InChI=1S/C38H41Cl2N3O4S/c1-27-17-21-33(22-18-27)48(46,47)43(32-20-19-28(2)35(40)24-32)26-37(44)42(25-30-13-9-10-16-34(30)39)36(23-29-11-5-3-6-12-29)38(45)41-31-14-7-4-8-15-31/h3,5-6,9-13,16-22,24,31,36H,4,7-8,14-15,23,25-26H2,1-2H3,(H,41,45)/t36-/m0/s1. The summed E-state index contributed by atoms with van der Waals surface area (Å²) in [4.78, 5) is 30.5. The monoisotopic (exact) mass is 705 g/mol. The van der Waals surface area contributed by atoms with E-state index >= 15 is 0 Å². The van der Waals surface area contributed by atoms with E-state index in [0.29, 0.717) is 15.6 Å². The number of anilines is 1. The Morgan fingerprint density at radius 2 is 1.50 bits per heavy atom. The average Bonchev–Trinajstić information content (AvgIpc) is 3.08. The summed E-state index contributed by atoms with van der Waals surface area (Å²) in [5.74, 6) is -0.834. The molecule has 0 aromatic heterocycles. The van der Waals surface area contributed by atoms with Gasteiger partial charge in [0.2, 0.25) is 11.8 Å². The number of hydrogen-bond acceptors (Lipinski definition) is 4. The Morgan fingerprint density at radius 1 is 0.833 bits per heavy atom. The Labute approximate surface area is 293 Å². The predicted octanol–water partition coefficient (Wildman–Crippen LogP) is 7.89. The molecule has 1 N–H and O–H groups in total. The molecule has 1 aliphatic rings. The number of carbonyl (C=O) groups excluding carboxylic acids is 2. The Bertz CT molecular complexity index is 1830. The minimum atomic E-state index is -4.24. The van der Waals surface area contributed by atoms with Crippen molar-refractivity contribution < 1.29 is 18.0 Å². The van der Waals surface area contributed by atoms with Gasteiger partial charge < -0.3 is 10.2 Å². The van der Waals surface area contributed by atoms with E-state index in [1.807, 2.05) is 56.3 Å². The first-order valence-electron chi connectivity index (χ1n) is 16.3. The van der Waals surface area contributed by atoms with Gasteiger partial charge in [-0.1, -0.05) is 115 Å². The number of sulfonamides is 1. The summed E-state index contributed by atoms with van der Waals surface area (Å²) >= 11 is 13.1. The van der Waals surface area contributed by atoms with E-state index in [0.717, 1.165) is 53.1 Å². The highest BCUT2D eigenvalue weighted by atomic mass is 35.5. The molecule has 1 atom stereocenters. The van der Waals surface area contributed by atoms with Crippen LogP contribution >= 0.6 is 23.2 Å². The third-order valence-electron chi connectivity index (χ3n) is 8.85. The zero-order valence-corrected chi connectivity index (χ0v) is 29.6. The lowest BCUT2D eigenvalue weighted by Crippen LogP contribution is -2.55. The van der Waals surface area contributed by atoms with Gasteiger partial charge in [0.1, 0.15) is 12.6 Å². The fourth-order valence-corrected chi connectivity index (χ4v) is 7.79. The van der Waals surface area contributed by atoms with Gasteiger partial charge in [-0.3, -0.25) is 13.9 Å². The summed E-state index contributed by atoms with van der Waals surface area (Å²) in [5, 5.41) is 4.03. The summed E-state index contributed by atoms with van der Waals surface area (Å²) in [5.41, 5.74) is 3.41. The second-order valence-corrected chi connectivity index (χ2v) is 15.1. The lowest BCUT2D eigenvalue weighted by atomic mass is 9.94. The number of carbonyl (C=O) groups is 2. The summed E-state index contributed by atoms with van der Waals surface area (Å²) in [6.07, 6.45) is 5.17. The van der Waals surface area contributed by atoms with Gasteiger partial charge in [0.15, 0.2) is 0 Å². The minimum absolute atomic E-state index is 0.00116. The number of benzene rings is 4. The Morgan fingerprint density at radius 3 is 2.17 bits per heavy atom. The van der Waals surface area contributed by atoms with Gasteiger partial charge >= 0.3 is 0 Å². The quantitative estimate of drug-likeness (QED) is 0.162. The molecule has 48 heavy (non-hydrogen) atoms. The van der Waals surface area contributed by atoms with Crippen molar-refractivity contribution in [2.75, 3.05) is 10.8 Å². The van der Waals surface area contributed by atoms with Gasteiger partial charge in [-0.15, -0.1) is 0 Å². The van der Waals surface area contributed by atoms with Gasteiger partial charge in [0.05, 0.1) is 10.6 Å². The molecule has 2 amide bonds. The summed E-state index contributed by atoms with van der Waals surface area (Å²) < 4.78 is 29.6. The fraction of sp³-hybridized carbons (Fsp3) is 0.316. The van der Waals surface area contributed by atoms with Crippen molar-refractivity contribution in [3.05, 3.63) is 129 Å². The van der Waals surface area contributed by atoms with Crippen LogP contribution in [-0.4, -0.2) is 43.8 Å². The first kappa shape index (κ1) is 35.5. The Hall–Kier alpha value is -3.85. The van der Waals surface area contributed by atoms with Crippen molar-refractivity contribution in [3.8, 4) is 0 Å². The second kappa shape index (κ2) is 16.0. The third kappa shape index (κ3) is 8.78. The van der Waals surface area contributed by atoms with Gasteiger partial charge in [0, 0.05) is 29.1 Å². The van der Waals surface area contributed by atoms with E-state index < -0.39 is 28.5 Å². The van der Waals surface area contributed by atoms with Crippen molar-refractivity contribution in [3.63, 3.8) is 0 Å². The normalized spacial score (nSPS) is 14.2. The first-order chi connectivity index (χ1) is 23.0. The van der Waals surface area contributed by atoms with Crippen molar-refractivity contribution in [1.29, 1.82) is 0 Å². The highest BCUT2D eigenvalue weighted by Crippen LogP contribution is 2.30. The van der Waals surface area contributed by atoms with Gasteiger partial charge in [-0.05, 0) is 73.7 Å². The summed E-state index contributed by atoms with van der Waals surface area (Å²) in [6.45, 7) is 3.12. The smallest absolute Gasteiger partial charge is 0.264 e. The summed E-state index contributed by atoms with van der Waals surface area (Å²) in [7, 11) is -4.24. The van der Waals surface area contributed by atoms with Crippen LogP contribution in [0.15, 0.2) is 102 Å². The van der Waals surface area contributed by atoms with Crippen molar-refractivity contribution in [2.24, 2.45) is 0 Å². The van der Waals surface area contributed by atoms with Crippen LogP contribution in [0.3, 0.4) is 0 Å². The highest BCUT2D eigenvalue weighted by molar-refractivity contribution is 7.92. The van der Waals surface area contributed by atoms with Crippen LogP contribution in [0.25, 0.3) is 0 Å². The van der Waals surface area contributed by atoms with Crippen LogP contribution in [0.2, 0.25) is 10.0 Å². The van der Waals surface area contributed by atoms with Gasteiger partial charge in [-0.25, -0.2) is 8.42 Å². The Balaban J connectivity index is 1.58. The number of halogens is 2. The molecule has 1 saturated carbocycles. The fourth-order valence-electron chi connectivity index (χ4n) is 6.01. The van der Waals surface area contributed by atoms with E-state index in [1.165, 1.54) is 17.0 Å². The molecule has 1 fully saturated rings. The van der Waals surface area contributed by atoms with E-state index in [4.69, 9.17) is 23.2 Å². The molecule has 4 aromatic rings. The molecule has 1 aliphatic carbocycles. The topological polar surface area (TPSA) is 86.8 Å². The molecule has 0 radical (unpaired) electrons. The SMILES string of the molecule is Cc1ccc(S(=O)(=O)N(CC(=O)N(Cc2ccccc2Cl)[C@@H](Cc2ccccc2)C(=O)NC2CCCCC2)c2ccc(C)c(Cl)c2)cc1. The largest absolute Gasteiger partial charge is 0.352 e. The van der Waals surface area contributed by atoms with Crippen LogP contribution in [0.4, 0.5) is 5.69 Å². The minimum Gasteiger partial charge on any atom is -0.352 e. The average molecular weight is 707 g/mol. The molecule has 252 valence electrons. The number of nitrogens with one attached hydrogen (secondary N) is 1. The molecular formula is C38H41Cl2N3O4S. The first-order valence-corrected chi connectivity index (χ1v) is 18.5. The molecule has 5 rings (SSSR count). The van der Waals surface area contributed by atoms with Crippen LogP contribution in [0.5, 0.6) is 0 Å². The van der Waals surface area contributed by atoms with Crippen molar-refractivity contribution in [2.45, 2.75) is 75.9 Å². The highest BCUT2D eigenvalue weighted by Gasteiger charge is 2.35. The molecule has 7 nitrogen and oxygen atoms in total. The number of nitrogens with zero attached hydrogens (tertiary/aromatic N) is 2. The molecule has 10 heteroatoms. The van der Waals surface area contributed by atoms with Crippen LogP contribution < -0.4 is 9.62 Å². The van der Waals surface area contributed by atoms with Gasteiger partial charge in [-0.2, -0.15) is 0 Å². The molecule has 0 aliphatic heterocycles. The lowest BCUT2D eigenvalue weighted by Gasteiger charge is -2.35. The molecule has 0 spiro atoms. The van der Waals surface area contributed by atoms with Gasteiger partial charge in [0.25, 0.3) is 10.0 Å². The zero-order chi connectivity index (χ0) is 34.3. The number of amides is 2. The van der Waals surface area contributed by atoms with Crippen LogP contribution in [0, 0.1) is 13.8 Å². The maximum Gasteiger partial charge on any atom is 0.264 e. The van der Waals surface area contributed by atoms with Crippen molar-refractivity contribution in [1.82, 2.24) is 10.2 Å². The van der Waals surface area contributed by atoms with Crippen molar-refractivity contribution >= 4 is 50.7 Å². The lowest BCUT2D eigenvalue weighted by molar-refractivity contribution is -0.140. The molecule has 4 aromatic carbocycles. The Kier molecular flexibility index (Phi) is 11.8. The molecule has 0 heterocycles. The molecular weight excluding hydrogens is 665 g/mol. The number of aryl methyl sites for hydroxylation is 2. The molecule has 0 unspecified atom stereocenters. The second-order valence-electron chi connectivity index (χ2n) is 12.4. The van der Waals surface area contributed by atoms with Crippen LogP contribution in [0.1, 0.15) is 54.4 Å². The summed E-state index contributed by atoms with van der Waals surface area (Å²) in [6, 6.07) is 27.1. The van der Waals surface area contributed by atoms with E-state index in [9.17, 15) is 18.0 Å². The number of hydrogen-bond donors (Lipinski definition) is 1.